The third-order valence-electron chi connectivity index (χ3n) is 3.80. The minimum absolute atomic E-state index is 0.0355. The quantitative estimate of drug-likeness (QED) is 0.826. The fourth-order valence-electron chi connectivity index (χ4n) is 2.76. The molecule has 1 aromatic rings. The molecule has 2 heterocycles. The molecule has 118 valence electrons. The van der Waals surface area contributed by atoms with E-state index in [-0.39, 0.29) is 12.5 Å². The van der Waals surface area contributed by atoms with Crippen LogP contribution in [0, 0.1) is 5.92 Å². The molecule has 1 saturated heterocycles. The lowest BCUT2D eigenvalue weighted by Crippen LogP contribution is -2.40. The van der Waals surface area contributed by atoms with Crippen LogP contribution in [0.5, 0.6) is 0 Å². The van der Waals surface area contributed by atoms with Gasteiger partial charge in [0.25, 0.3) is 0 Å². The molecule has 0 radical (unpaired) electrons. The van der Waals surface area contributed by atoms with E-state index in [2.05, 4.69) is 34.5 Å². The van der Waals surface area contributed by atoms with Crippen LogP contribution in [0.4, 0.5) is 5.69 Å². The summed E-state index contributed by atoms with van der Waals surface area (Å²) in [7, 11) is 1.63. The Morgan fingerprint density at radius 1 is 1.43 bits per heavy atom. The van der Waals surface area contributed by atoms with Gasteiger partial charge in [-0.25, -0.2) is 0 Å². The van der Waals surface area contributed by atoms with E-state index in [0.29, 0.717) is 6.04 Å². The summed E-state index contributed by atoms with van der Waals surface area (Å²) in [5.74, 6) is 0.698. The molecule has 0 bridgehead atoms. The molecule has 0 unspecified atom stereocenters. The number of carbonyl (C=O) groups excluding carboxylic acids is 1. The molecule has 0 saturated carbocycles. The summed E-state index contributed by atoms with van der Waals surface area (Å²) in [5.41, 5.74) is 1.00. The number of likely N-dealkylation sites (tertiary alicyclic amines) is 1. The van der Waals surface area contributed by atoms with Gasteiger partial charge in [0.2, 0.25) is 5.91 Å². The van der Waals surface area contributed by atoms with E-state index in [1.807, 2.05) is 6.20 Å². The number of aromatic nitrogens is 2. The average molecular weight is 293 g/mol. The molecule has 2 N–H and O–H groups in total. The van der Waals surface area contributed by atoms with Gasteiger partial charge < -0.3 is 15.5 Å². The van der Waals surface area contributed by atoms with Crippen LogP contribution in [0.15, 0.2) is 12.4 Å². The predicted molar refractivity (Wildman–Crippen MR) is 84.2 cm³/mol. The highest BCUT2D eigenvalue weighted by Gasteiger charge is 2.19. The fraction of sp³-hybridized carbons (Fsp3) is 0.733. The summed E-state index contributed by atoms with van der Waals surface area (Å²) in [6.07, 6.45) is 6.01. The highest BCUT2D eigenvalue weighted by Crippen LogP contribution is 2.17. The molecule has 6 nitrogen and oxygen atoms in total. The molecule has 1 aromatic heterocycles. The van der Waals surface area contributed by atoms with E-state index in [1.165, 1.54) is 6.54 Å². The molecule has 1 amide bonds. The van der Waals surface area contributed by atoms with E-state index in [9.17, 15) is 4.79 Å². The van der Waals surface area contributed by atoms with Gasteiger partial charge in [0.1, 0.15) is 6.54 Å². The summed E-state index contributed by atoms with van der Waals surface area (Å²) in [5, 5.41) is 10.3. The van der Waals surface area contributed by atoms with E-state index in [1.54, 1.807) is 17.9 Å². The Morgan fingerprint density at radius 2 is 2.14 bits per heavy atom. The number of amides is 1. The van der Waals surface area contributed by atoms with Gasteiger partial charge in [-0.3, -0.25) is 9.48 Å². The van der Waals surface area contributed by atoms with Crippen molar-refractivity contribution in [2.75, 3.05) is 32.0 Å². The average Bonchev–Trinajstić information content (AvgIpc) is 2.87. The fourth-order valence-corrected chi connectivity index (χ4v) is 2.76. The number of hydrogen-bond acceptors (Lipinski definition) is 4. The van der Waals surface area contributed by atoms with E-state index in [0.717, 1.165) is 37.5 Å². The number of piperidine rings is 1. The Bertz CT molecular complexity index is 449. The lowest BCUT2D eigenvalue weighted by molar-refractivity contribution is -0.121. The van der Waals surface area contributed by atoms with Crippen LogP contribution in [-0.4, -0.2) is 53.3 Å². The number of anilines is 1. The third-order valence-corrected chi connectivity index (χ3v) is 3.80. The van der Waals surface area contributed by atoms with Crippen molar-refractivity contribution in [3.05, 3.63) is 12.4 Å². The van der Waals surface area contributed by atoms with Crippen molar-refractivity contribution in [3.8, 4) is 0 Å². The van der Waals surface area contributed by atoms with Crippen molar-refractivity contribution in [2.45, 2.75) is 39.3 Å². The highest BCUT2D eigenvalue weighted by molar-refractivity contribution is 5.75. The number of carbonyl (C=O) groups is 1. The molecule has 21 heavy (non-hydrogen) atoms. The van der Waals surface area contributed by atoms with Gasteiger partial charge in [-0.05, 0) is 18.8 Å². The summed E-state index contributed by atoms with van der Waals surface area (Å²) in [4.78, 5) is 13.8. The van der Waals surface area contributed by atoms with Crippen molar-refractivity contribution in [2.24, 2.45) is 5.92 Å². The van der Waals surface area contributed by atoms with Crippen molar-refractivity contribution in [3.63, 3.8) is 0 Å². The number of likely N-dealkylation sites (N-methyl/N-ethyl adjacent to an activating group) is 1. The molecule has 2 rings (SSSR count). The zero-order valence-electron chi connectivity index (χ0n) is 13.3. The Hall–Kier alpha value is -1.56. The molecule has 1 fully saturated rings. The summed E-state index contributed by atoms with van der Waals surface area (Å²) in [6, 6.07) is 0.506. The molecule has 6 heteroatoms. The van der Waals surface area contributed by atoms with Crippen LogP contribution >= 0.6 is 0 Å². The minimum atomic E-state index is -0.0355. The van der Waals surface area contributed by atoms with Gasteiger partial charge in [-0.1, -0.05) is 13.8 Å². The van der Waals surface area contributed by atoms with Crippen molar-refractivity contribution < 1.29 is 4.79 Å². The first kappa shape index (κ1) is 15.8. The Labute approximate surface area is 126 Å². The van der Waals surface area contributed by atoms with Gasteiger partial charge in [0, 0.05) is 38.9 Å². The van der Waals surface area contributed by atoms with Crippen LogP contribution in [0.3, 0.4) is 0 Å². The number of rotatable bonds is 6. The van der Waals surface area contributed by atoms with Crippen molar-refractivity contribution in [1.82, 2.24) is 20.0 Å². The molecular weight excluding hydrogens is 266 g/mol. The van der Waals surface area contributed by atoms with E-state index >= 15 is 0 Å². The standard InChI is InChI=1S/C15H27N5O/c1-12(2)9-19-6-4-13(5-7-19)18-14-8-17-20(10-14)11-15(21)16-3/h8,10,12-13,18H,4-7,9,11H2,1-3H3,(H,16,21). The van der Waals surface area contributed by atoms with Crippen LogP contribution < -0.4 is 10.6 Å². The first-order valence-electron chi connectivity index (χ1n) is 7.78. The highest BCUT2D eigenvalue weighted by atomic mass is 16.1. The first-order chi connectivity index (χ1) is 10.1. The monoisotopic (exact) mass is 293 g/mol. The lowest BCUT2D eigenvalue weighted by atomic mass is 10.0. The predicted octanol–water partition coefficient (Wildman–Crippen LogP) is 1.16. The van der Waals surface area contributed by atoms with Gasteiger partial charge in [-0.15, -0.1) is 0 Å². The van der Waals surface area contributed by atoms with E-state index < -0.39 is 0 Å². The molecule has 0 aromatic carbocycles. The van der Waals surface area contributed by atoms with Crippen LogP contribution in [0.1, 0.15) is 26.7 Å². The second-order valence-corrected chi connectivity index (χ2v) is 6.21. The summed E-state index contributed by atoms with van der Waals surface area (Å²) >= 11 is 0. The van der Waals surface area contributed by atoms with Gasteiger partial charge >= 0.3 is 0 Å². The molecule has 1 aliphatic heterocycles. The van der Waals surface area contributed by atoms with Crippen molar-refractivity contribution >= 4 is 11.6 Å². The van der Waals surface area contributed by atoms with E-state index in [4.69, 9.17) is 0 Å². The maximum absolute atomic E-state index is 11.3. The van der Waals surface area contributed by atoms with Crippen molar-refractivity contribution in [1.29, 1.82) is 0 Å². The third kappa shape index (κ3) is 5.04. The van der Waals surface area contributed by atoms with Crippen LogP contribution in [-0.2, 0) is 11.3 Å². The van der Waals surface area contributed by atoms with Crippen LogP contribution in [0.2, 0.25) is 0 Å². The zero-order chi connectivity index (χ0) is 15.2. The van der Waals surface area contributed by atoms with Gasteiger partial charge in [-0.2, -0.15) is 5.10 Å². The molecule has 0 spiro atoms. The largest absolute Gasteiger partial charge is 0.380 e. The Kier molecular flexibility index (Phi) is 5.61. The second kappa shape index (κ2) is 7.45. The van der Waals surface area contributed by atoms with Gasteiger partial charge in [0.05, 0.1) is 11.9 Å². The van der Waals surface area contributed by atoms with Gasteiger partial charge in [0.15, 0.2) is 0 Å². The summed E-state index contributed by atoms with van der Waals surface area (Å²) < 4.78 is 1.66. The lowest BCUT2D eigenvalue weighted by Gasteiger charge is -2.33. The number of hydrogen-bond donors (Lipinski definition) is 2. The second-order valence-electron chi connectivity index (χ2n) is 6.21. The maximum atomic E-state index is 11.3. The maximum Gasteiger partial charge on any atom is 0.241 e. The molecule has 0 atom stereocenters. The zero-order valence-corrected chi connectivity index (χ0v) is 13.3. The topological polar surface area (TPSA) is 62.2 Å². The Morgan fingerprint density at radius 3 is 2.76 bits per heavy atom. The number of nitrogens with one attached hydrogen (secondary N) is 2. The Balaban J connectivity index is 1.77. The first-order valence-corrected chi connectivity index (χ1v) is 7.78. The smallest absolute Gasteiger partial charge is 0.241 e. The van der Waals surface area contributed by atoms with Crippen LogP contribution in [0.25, 0.3) is 0 Å². The number of nitrogens with zero attached hydrogens (tertiary/aromatic N) is 3. The normalized spacial score (nSPS) is 17.1. The molecule has 1 aliphatic rings. The summed E-state index contributed by atoms with van der Waals surface area (Å²) in [6.45, 7) is 8.31. The molecule has 0 aliphatic carbocycles. The minimum Gasteiger partial charge on any atom is -0.380 e. The SMILES string of the molecule is CNC(=O)Cn1cc(NC2CCN(CC(C)C)CC2)cn1. The molecular formula is C15H27N5O.